The number of allylic oxidation sites excluding steroid dienone is 3. The molecular weight excluding hydrogens is 244 g/mol. The van der Waals surface area contributed by atoms with Gasteiger partial charge in [-0.2, -0.15) is 0 Å². The third-order valence-electron chi connectivity index (χ3n) is 4.48. The van der Waals surface area contributed by atoms with Crippen LogP contribution in [-0.2, 0) is 19.3 Å². The van der Waals surface area contributed by atoms with Crippen molar-refractivity contribution in [3.8, 4) is 0 Å². The zero-order valence-corrected chi connectivity index (χ0v) is 11.5. The number of carbonyl (C=O) groups is 1. The molecule has 104 valence electrons. The van der Waals surface area contributed by atoms with Gasteiger partial charge in [0.1, 0.15) is 0 Å². The quantitative estimate of drug-likeness (QED) is 0.719. The molecule has 0 spiro atoms. The molecule has 2 heterocycles. The number of ketones is 1. The van der Waals surface area contributed by atoms with Crippen molar-refractivity contribution in [2.45, 2.75) is 39.5 Å². The summed E-state index contributed by atoms with van der Waals surface area (Å²) in [5.74, 6) is 2.45. The van der Waals surface area contributed by atoms with E-state index < -0.39 is 0 Å². The van der Waals surface area contributed by atoms with Gasteiger partial charge in [0, 0.05) is 24.4 Å². The maximum atomic E-state index is 12.1. The Kier molecular flexibility index (Phi) is 3.35. The Bertz CT molecular complexity index is 455. The molecule has 0 aromatic rings. The van der Waals surface area contributed by atoms with E-state index in [2.05, 4.69) is 0 Å². The zero-order valence-electron chi connectivity index (χ0n) is 11.5. The van der Waals surface area contributed by atoms with Crippen LogP contribution in [-0.4, -0.2) is 19.0 Å². The molecule has 1 fully saturated rings. The highest BCUT2D eigenvalue weighted by atomic mass is 17.2. The predicted molar refractivity (Wildman–Crippen MR) is 68.8 cm³/mol. The van der Waals surface area contributed by atoms with E-state index in [1.165, 1.54) is 0 Å². The fraction of sp³-hybridized carbons (Fsp3) is 0.667. The van der Waals surface area contributed by atoms with Crippen molar-refractivity contribution >= 4 is 5.78 Å². The molecule has 0 amide bonds. The van der Waals surface area contributed by atoms with Gasteiger partial charge in [-0.05, 0) is 51.4 Å². The number of Topliss-reactive ketones (excluding diaryl/α,β-unsaturated/α-hetero) is 1. The van der Waals surface area contributed by atoms with Crippen LogP contribution >= 0.6 is 0 Å². The van der Waals surface area contributed by atoms with Crippen molar-refractivity contribution in [2.24, 2.45) is 11.8 Å². The molecule has 0 aromatic carbocycles. The van der Waals surface area contributed by atoms with Crippen LogP contribution in [0.3, 0.4) is 0 Å². The molecule has 0 bridgehead atoms. The van der Waals surface area contributed by atoms with Crippen LogP contribution in [0.4, 0.5) is 0 Å². The average Bonchev–Trinajstić information content (AvgIpc) is 2.80. The molecule has 1 saturated heterocycles. The molecule has 1 atom stereocenters. The number of hydrogen-bond donors (Lipinski definition) is 0. The SMILES string of the molecule is CC(=O)C1=C2OOC(C)=C2CCC1C1CCOCC1. The molecule has 19 heavy (non-hydrogen) atoms. The number of rotatable bonds is 2. The molecule has 4 nitrogen and oxygen atoms in total. The molecule has 0 saturated carbocycles. The lowest BCUT2D eigenvalue weighted by atomic mass is 9.72. The molecule has 1 unspecified atom stereocenters. The van der Waals surface area contributed by atoms with E-state index in [9.17, 15) is 4.79 Å². The third-order valence-corrected chi connectivity index (χ3v) is 4.48. The first-order valence-electron chi connectivity index (χ1n) is 7.06. The van der Waals surface area contributed by atoms with Crippen LogP contribution in [0.2, 0.25) is 0 Å². The molecule has 2 aliphatic heterocycles. The summed E-state index contributed by atoms with van der Waals surface area (Å²) in [7, 11) is 0. The fourth-order valence-electron chi connectivity index (χ4n) is 3.48. The Morgan fingerprint density at radius 1 is 1.16 bits per heavy atom. The minimum Gasteiger partial charge on any atom is -0.381 e. The highest BCUT2D eigenvalue weighted by Gasteiger charge is 2.39. The number of fused-ring (bicyclic) bond motifs is 1. The van der Waals surface area contributed by atoms with E-state index in [1.54, 1.807) is 6.92 Å². The maximum Gasteiger partial charge on any atom is 0.192 e. The van der Waals surface area contributed by atoms with Crippen molar-refractivity contribution in [2.75, 3.05) is 13.2 Å². The summed E-state index contributed by atoms with van der Waals surface area (Å²) in [5, 5.41) is 0. The van der Waals surface area contributed by atoms with Crippen molar-refractivity contribution in [1.82, 2.24) is 0 Å². The summed E-state index contributed by atoms with van der Waals surface area (Å²) in [6.07, 6.45) is 4.03. The normalized spacial score (nSPS) is 28.0. The number of carbonyl (C=O) groups excluding carboxylic acids is 1. The summed E-state index contributed by atoms with van der Waals surface area (Å²) in [4.78, 5) is 22.5. The van der Waals surface area contributed by atoms with Crippen LogP contribution in [0.1, 0.15) is 39.5 Å². The molecule has 3 aliphatic rings. The topological polar surface area (TPSA) is 44.8 Å². The van der Waals surface area contributed by atoms with Crippen LogP contribution < -0.4 is 0 Å². The van der Waals surface area contributed by atoms with Gasteiger partial charge in [-0.15, -0.1) is 0 Å². The molecule has 1 aliphatic carbocycles. The van der Waals surface area contributed by atoms with Gasteiger partial charge < -0.3 is 4.74 Å². The van der Waals surface area contributed by atoms with E-state index >= 15 is 0 Å². The molecule has 0 aromatic heterocycles. The van der Waals surface area contributed by atoms with Crippen molar-refractivity contribution in [1.29, 1.82) is 0 Å². The van der Waals surface area contributed by atoms with E-state index in [-0.39, 0.29) is 5.78 Å². The number of ether oxygens (including phenoxy) is 1. The first-order valence-corrected chi connectivity index (χ1v) is 7.06. The van der Waals surface area contributed by atoms with Gasteiger partial charge in [-0.25, -0.2) is 0 Å². The second kappa shape index (κ2) is 5.00. The standard InChI is InChI=1S/C15H20O4/c1-9(16)14-13(11-5-7-17-8-6-11)4-3-12-10(2)18-19-15(12)14/h11,13H,3-8H2,1-2H3. The summed E-state index contributed by atoms with van der Waals surface area (Å²) >= 11 is 0. The minimum atomic E-state index is 0.113. The molecular formula is C15H20O4. The van der Waals surface area contributed by atoms with Gasteiger partial charge in [0.15, 0.2) is 17.3 Å². The highest BCUT2D eigenvalue weighted by molar-refractivity contribution is 5.95. The summed E-state index contributed by atoms with van der Waals surface area (Å²) in [5.41, 5.74) is 1.92. The Morgan fingerprint density at radius 3 is 2.58 bits per heavy atom. The van der Waals surface area contributed by atoms with Gasteiger partial charge in [-0.1, -0.05) is 0 Å². The van der Waals surface area contributed by atoms with Crippen LogP contribution in [0.25, 0.3) is 0 Å². The molecule has 0 radical (unpaired) electrons. The van der Waals surface area contributed by atoms with Crippen LogP contribution in [0.5, 0.6) is 0 Å². The molecule has 3 rings (SSSR count). The first kappa shape index (κ1) is 12.7. The van der Waals surface area contributed by atoms with Gasteiger partial charge in [0.05, 0.1) is 0 Å². The van der Waals surface area contributed by atoms with Crippen molar-refractivity contribution < 1.29 is 19.3 Å². The first-order chi connectivity index (χ1) is 9.18. The largest absolute Gasteiger partial charge is 0.381 e. The van der Waals surface area contributed by atoms with Crippen LogP contribution in [0, 0.1) is 11.8 Å². The smallest absolute Gasteiger partial charge is 0.192 e. The van der Waals surface area contributed by atoms with Gasteiger partial charge in [-0.3, -0.25) is 14.6 Å². The summed E-state index contributed by atoms with van der Waals surface area (Å²) in [6, 6.07) is 0. The fourth-order valence-corrected chi connectivity index (χ4v) is 3.48. The van der Waals surface area contributed by atoms with Gasteiger partial charge in [0.2, 0.25) is 0 Å². The Balaban J connectivity index is 1.95. The van der Waals surface area contributed by atoms with E-state index in [1.807, 2.05) is 6.92 Å². The molecule has 0 N–H and O–H groups in total. The number of hydrogen-bond acceptors (Lipinski definition) is 4. The summed E-state index contributed by atoms with van der Waals surface area (Å²) in [6.45, 7) is 5.14. The van der Waals surface area contributed by atoms with E-state index in [0.717, 1.165) is 55.8 Å². The lowest BCUT2D eigenvalue weighted by Gasteiger charge is -2.34. The monoisotopic (exact) mass is 264 g/mol. The predicted octanol–water partition coefficient (Wildman–Crippen LogP) is 2.90. The lowest BCUT2D eigenvalue weighted by molar-refractivity contribution is -0.206. The third kappa shape index (κ3) is 2.18. The lowest BCUT2D eigenvalue weighted by Crippen LogP contribution is -2.30. The van der Waals surface area contributed by atoms with E-state index in [4.69, 9.17) is 14.5 Å². The van der Waals surface area contributed by atoms with Gasteiger partial charge in [0.25, 0.3) is 0 Å². The maximum absolute atomic E-state index is 12.1. The Labute approximate surface area is 113 Å². The highest BCUT2D eigenvalue weighted by Crippen LogP contribution is 2.45. The average molecular weight is 264 g/mol. The Hall–Kier alpha value is -1.29. The van der Waals surface area contributed by atoms with Gasteiger partial charge >= 0.3 is 0 Å². The zero-order chi connectivity index (χ0) is 13.4. The second-order valence-corrected chi connectivity index (χ2v) is 5.60. The summed E-state index contributed by atoms with van der Waals surface area (Å²) < 4.78 is 5.42. The van der Waals surface area contributed by atoms with Crippen molar-refractivity contribution in [3.05, 3.63) is 22.7 Å². The Morgan fingerprint density at radius 2 is 1.89 bits per heavy atom. The van der Waals surface area contributed by atoms with Crippen LogP contribution in [0.15, 0.2) is 22.7 Å². The molecule has 4 heteroatoms. The minimum absolute atomic E-state index is 0.113. The second-order valence-electron chi connectivity index (χ2n) is 5.60. The van der Waals surface area contributed by atoms with Crippen molar-refractivity contribution in [3.63, 3.8) is 0 Å². The van der Waals surface area contributed by atoms with E-state index in [0.29, 0.717) is 17.6 Å².